The molecule has 0 aliphatic carbocycles. The normalized spacial score (nSPS) is 11.6. The van der Waals surface area contributed by atoms with Crippen LogP contribution in [0.5, 0.6) is 0 Å². The number of fused-ring (bicyclic) bond motifs is 1. The van der Waals surface area contributed by atoms with Crippen molar-refractivity contribution in [2.75, 3.05) is 0 Å². The fraction of sp³-hybridized carbons (Fsp3) is 0.0250. The number of nitrogens with zero attached hydrogens (tertiary/aromatic N) is 1. The number of hydrogen-bond donors (Lipinski definition) is 0. The van der Waals surface area contributed by atoms with E-state index >= 15 is 35.1 Å². The first-order chi connectivity index (χ1) is 29.5. The van der Waals surface area contributed by atoms with E-state index in [0.717, 1.165) is 11.1 Å². The van der Waals surface area contributed by atoms with Gasteiger partial charge in [0.25, 0.3) is 4.60 Å². The largest absolute Gasteiger partial charge is 0.256 e. The molecule has 328 valence electrons. The zero-order valence-electron chi connectivity index (χ0n) is 30.0. The zero-order valence-corrected chi connectivity index (χ0v) is 31.6. The summed E-state index contributed by atoms with van der Waals surface area (Å²) in [6, 6.07) is 21.1. The molecule has 1 heterocycles. The smallest absolute Gasteiger partial charge is 0.207 e. The van der Waals surface area contributed by atoms with Gasteiger partial charge in [-0.3, -0.25) is 0 Å². The predicted octanol–water partition coefficient (Wildman–Crippen LogP) is 9.78. The maximum atomic E-state index is 15.4. The summed E-state index contributed by atoms with van der Waals surface area (Å²) >= 11 is 3.70. The summed E-state index contributed by atoms with van der Waals surface area (Å²) in [5, 5.41) is 2.50. The lowest BCUT2D eigenvalue weighted by Crippen LogP contribution is -2.81. The molecule has 0 bridgehead atoms. The molecule has 23 heteroatoms. The molecule has 0 saturated heterocycles. The van der Waals surface area contributed by atoms with Crippen LogP contribution in [0.1, 0.15) is 5.56 Å². The van der Waals surface area contributed by atoms with Gasteiger partial charge in [0.05, 0.1) is 5.39 Å². The first-order valence-corrected chi connectivity index (χ1v) is 17.7. The first-order valence-electron chi connectivity index (χ1n) is 16.9. The number of halogens is 21. The highest BCUT2D eigenvalue weighted by Gasteiger charge is 2.52. The van der Waals surface area contributed by atoms with Gasteiger partial charge in [-0.15, -0.1) is 21.9 Å². The molecule has 6 aromatic carbocycles. The molecule has 0 N–H and O–H groups in total. The van der Waals surface area contributed by atoms with Crippen LogP contribution in [0.4, 0.5) is 87.8 Å². The Hall–Kier alpha value is -6.13. The van der Waals surface area contributed by atoms with Crippen LogP contribution < -0.4 is 26.4 Å². The highest BCUT2D eigenvalue weighted by Crippen LogP contribution is 2.31. The van der Waals surface area contributed by atoms with Gasteiger partial charge in [0.2, 0.25) is 0 Å². The lowest BCUT2D eigenvalue weighted by atomic mass is 9.12. The van der Waals surface area contributed by atoms with E-state index in [1.165, 1.54) is 16.3 Å². The molecule has 7 aromatic rings. The Bertz CT molecular complexity index is 2620. The third-order valence-electron chi connectivity index (χ3n) is 9.77. The Labute approximate surface area is 346 Å². The summed E-state index contributed by atoms with van der Waals surface area (Å²) in [4.78, 5) is 0. The van der Waals surface area contributed by atoms with E-state index in [9.17, 15) is 52.7 Å². The van der Waals surface area contributed by atoms with Crippen LogP contribution >= 0.6 is 15.9 Å². The highest BCUT2D eigenvalue weighted by molar-refractivity contribution is 9.10. The van der Waals surface area contributed by atoms with Crippen molar-refractivity contribution in [3.05, 3.63) is 193 Å². The van der Waals surface area contributed by atoms with Crippen LogP contribution in [0.3, 0.4) is 0 Å². The van der Waals surface area contributed by atoms with Crippen LogP contribution in [0.2, 0.25) is 0 Å². The van der Waals surface area contributed by atoms with Gasteiger partial charge in [0.15, 0.2) is 82.5 Å². The molecule has 0 spiro atoms. The Morgan fingerprint density at radius 1 is 0.333 bits per heavy atom. The fourth-order valence-corrected chi connectivity index (χ4v) is 7.60. The number of hydrogen-bond acceptors (Lipinski definition) is 0. The van der Waals surface area contributed by atoms with Crippen molar-refractivity contribution in [2.24, 2.45) is 0 Å². The van der Waals surface area contributed by atoms with Crippen LogP contribution in [0.15, 0.2) is 71.5 Å². The maximum Gasteiger partial charge on any atom is 0.256 e. The SMILES string of the molecule is Brc1c2ccccc2cc[n+]1Cc1ccccc1.Fc1c(F)c(F)c([B-](c2c(F)c(F)c(F)c(F)c2F)(c2c(F)c(F)c(F)c(F)c2F)c2c(F)c(F)c(F)c(F)c2F)c(F)c1F. The summed E-state index contributed by atoms with van der Waals surface area (Å²) in [6.45, 7) is 0.881. The van der Waals surface area contributed by atoms with Gasteiger partial charge in [0, 0.05) is 27.6 Å². The van der Waals surface area contributed by atoms with E-state index < -0.39 is 144 Å². The quantitative estimate of drug-likeness (QED) is 0.0391. The van der Waals surface area contributed by atoms with Crippen molar-refractivity contribution in [3.8, 4) is 0 Å². The van der Waals surface area contributed by atoms with Crippen LogP contribution in [-0.4, -0.2) is 6.15 Å². The molecule has 0 unspecified atom stereocenters. The Balaban J connectivity index is 0.000000302. The molecule has 0 atom stereocenters. The molecule has 0 radical (unpaired) electrons. The summed E-state index contributed by atoms with van der Waals surface area (Å²) < 4.78 is 297. The Morgan fingerprint density at radius 2 is 0.603 bits per heavy atom. The summed E-state index contributed by atoms with van der Waals surface area (Å²) in [6.07, 6.45) is -5.09. The minimum absolute atomic E-state index is 0.881. The van der Waals surface area contributed by atoms with Gasteiger partial charge >= 0.3 is 0 Å². The maximum absolute atomic E-state index is 15.4. The van der Waals surface area contributed by atoms with Crippen molar-refractivity contribution in [1.29, 1.82) is 0 Å². The average Bonchev–Trinajstić information content (AvgIpc) is 3.27. The number of benzene rings is 6. The minimum atomic E-state index is -7.22. The predicted molar refractivity (Wildman–Crippen MR) is 187 cm³/mol. The van der Waals surface area contributed by atoms with Gasteiger partial charge in [0.1, 0.15) is 52.7 Å². The van der Waals surface area contributed by atoms with Crippen molar-refractivity contribution >= 4 is 54.7 Å². The second-order valence-electron chi connectivity index (χ2n) is 13.1. The molecule has 0 saturated carbocycles. The van der Waals surface area contributed by atoms with Gasteiger partial charge in [-0.2, -0.15) is 4.57 Å². The van der Waals surface area contributed by atoms with E-state index in [-0.39, 0.29) is 0 Å². The number of pyridine rings is 1. The topological polar surface area (TPSA) is 3.88 Å². The van der Waals surface area contributed by atoms with Crippen molar-refractivity contribution in [1.82, 2.24) is 0 Å². The minimum Gasteiger partial charge on any atom is -0.207 e. The van der Waals surface area contributed by atoms with E-state index in [0.29, 0.717) is 0 Å². The number of rotatable bonds is 6. The third-order valence-corrected chi connectivity index (χ3v) is 10.7. The Kier molecular flexibility index (Phi) is 12.7. The molecule has 1 aromatic heterocycles. The molecule has 0 aliphatic rings. The third kappa shape index (κ3) is 7.22. The second-order valence-corrected chi connectivity index (χ2v) is 13.9. The monoisotopic (exact) mass is 977 g/mol. The lowest BCUT2D eigenvalue weighted by Gasteiger charge is -2.44. The molecule has 0 aliphatic heterocycles. The van der Waals surface area contributed by atoms with Crippen LogP contribution in [-0.2, 0) is 6.54 Å². The van der Waals surface area contributed by atoms with Crippen molar-refractivity contribution in [3.63, 3.8) is 0 Å². The summed E-state index contributed by atoms with van der Waals surface area (Å²) in [5.74, 6) is -71.4. The van der Waals surface area contributed by atoms with Gasteiger partial charge in [-0.05, 0) is 11.5 Å². The molecule has 7 rings (SSSR count). The molecular weight excluding hydrogens is 965 g/mol. The zero-order chi connectivity index (χ0) is 46.7. The molecular formula is C40H13BBrF20N. The van der Waals surface area contributed by atoms with E-state index in [4.69, 9.17) is 0 Å². The van der Waals surface area contributed by atoms with E-state index in [1.807, 2.05) is 6.07 Å². The lowest BCUT2D eigenvalue weighted by molar-refractivity contribution is -0.697. The summed E-state index contributed by atoms with van der Waals surface area (Å²) in [5.41, 5.74) is -13.0. The summed E-state index contributed by atoms with van der Waals surface area (Å²) in [7, 11) is 0. The van der Waals surface area contributed by atoms with Crippen molar-refractivity contribution in [2.45, 2.75) is 6.54 Å². The molecule has 1 nitrogen and oxygen atoms in total. The van der Waals surface area contributed by atoms with Gasteiger partial charge in [-0.25, -0.2) is 87.8 Å². The number of aromatic nitrogens is 1. The fourth-order valence-electron chi connectivity index (χ4n) is 7.00. The highest BCUT2D eigenvalue weighted by atomic mass is 79.9. The van der Waals surface area contributed by atoms with Gasteiger partial charge < -0.3 is 0 Å². The second kappa shape index (κ2) is 17.2. The Morgan fingerprint density at radius 3 is 0.921 bits per heavy atom. The molecule has 63 heavy (non-hydrogen) atoms. The average molecular weight is 978 g/mol. The van der Waals surface area contributed by atoms with Crippen LogP contribution in [0.25, 0.3) is 10.8 Å². The standard InChI is InChI=1S/C24BF20.C16H13BrN/c26-5-1(6(27)14(35)21(42)13(5)34)25(2-7(28)15(36)22(43)16(37)8(2)29,3-9(30)17(38)23(44)18(39)10(3)31)4-11(32)19(40)24(45)20(41)12(4)33;17-16-15-9-5-4-8-14(15)10-11-18(16)12-13-6-2-1-3-7-13/h;1-11H,12H2/q-1;+1. The van der Waals surface area contributed by atoms with E-state index in [1.54, 1.807) is 0 Å². The van der Waals surface area contributed by atoms with Gasteiger partial charge in [-0.1, -0.05) is 48.5 Å². The first kappa shape index (κ1) is 46.4. The molecule has 0 amide bonds. The van der Waals surface area contributed by atoms with Crippen LogP contribution in [0, 0.1) is 116 Å². The van der Waals surface area contributed by atoms with Crippen molar-refractivity contribution < 1.29 is 92.4 Å². The van der Waals surface area contributed by atoms with E-state index in [2.05, 4.69) is 81.3 Å². The molecule has 0 fully saturated rings.